The summed E-state index contributed by atoms with van der Waals surface area (Å²) in [5, 5.41) is 2.82. The van der Waals surface area contributed by atoms with Crippen molar-refractivity contribution in [1.82, 2.24) is 9.88 Å². The zero-order chi connectivity index (χ0) is 20.1. The van der Waals surface area contributed by atoms with Crippen molar-refractivity contribution < 1.29 is 14.0 Å². The van der Waals surface area contributed by atoms with Gasteiger partial charge in [0.1, 0.15) is 6.26 Å². The van der Waals surface area contributed by atoms with Gasteiger partial charge in [0.2, 0.25) is 11.8 Å². The smallest absolute Gasteiger partial charge is 0.277 e. The summed E-state index contributed by atoms with van der Waals surface area (Å²) in [6, 6.07) is 17.0. The molecule has 148 valence electrons. The van der Waals surface area contributed by atoms with Crippen molar-refractivity contribution in [3.63, 3.8) is 0 Å². The summed E-state index contributed by atoms with van der Waals surface area (Å²) >= 11 is 0. The fourth-order valence-corrected chi connectivity index (χ4v) is 3.42. The van der Waals surface area contributed by atoms with Gasteiger partial charge in [-0.25, -0.2) is 4.98 Å². The molecule has 2 aromatic carbocycles. The molecule has 1 N–H and O–H groups in total. The minimum Gasteiger partial charge on any atom is -0.444 e. The van der Waals surface area contributed by atoms with E-state index in [0.717, 1.165) is 37.1 Å². The average molecular weight is 389 g/mol. The number of nitrogens with one attached hydrogen (secondary N) is 1. The van der Waals surface area contributed by atoms with E-state index in [-0.39, 0.29) is 17.5 Å². The maximum absolute atomic E-state index is 12.4. The molecule has 6 nitrogen and oxygen atoms in total. The van der Waals surface area contributed by atoms with E-state index in [1.54, 1.807) is 0 Å². The van der Waals surface area contributed by atoms with Crippen molar-refractivity contribution in [3.05, 3.63) is 72.1 Å². The van der Waals surface area contributed by atoms with E-state index in [1.807, 2.05) is 59.5 Å². The summed E-state index contributed by atoms with van der Waals surface area (Å²) < 4.78 is 5.42. The molecule has 0 bridgehead atoms. The van der Waals surface area contributed by atoms with E-state index >= 15 is 0 Å². The van der Waals surface area contributed by atoms with Crippen LogP contribution in [0.15, 0.2) is 65.3 Å². The highest BCUT2D eigenvalue weighted by atomic mass is 16.3. The second-order valence-electron chi connectivity index (χ2n) is 7.14. The highest BCUT2D eigenvalue weighted by Gasteiger charge is 2.17. The Bertz CT molecular complexity index is 974. The Morgan fingerprint density at radius 1 is 1.00 bits per heavy atom. The van der Waals surface area contributed by atoms with Gasteiger partial charge in [0.25, 0.3) is 5.91 Å². The van der Waals surface area contributed by atoms with Crippen LogP contribution in [0.4, 0.5) is 5.69 Å². The predicted molar refractivity (Wildman–Crippen MR) is 110 cm³/mol. The number of aryl methyl sites for hydroxylation is 1. The van der Waals surface area contributed by atoms with Gasteiger partial charge in [0, 0.05) is 30.8 Å². The molecular weight excluding hydrogens is 366 g/mol. The number of nitrogens with zero attached hydrogens (tertiary/aromatic N) is 2. The first kappa shape index (κ1) is 18.9. The summed E-state index contributed by atoms with van der Waals surface area (Å²) in [7, 11) is 0. The fraction of sp³-hybridized carbons (Fsp3) is 0.261. The summed E-state index contributed by atoms with van der Waals surface area (Å²) in [5.74, 6) is 0.307. The molecule has 0 spiro atoms. The number of carbonyl (C=O) groups is 2. The Morgan fingerprint density at radius 2 is 1.72 bits per heavy atom. The zero-order valence-corrected chi connectivity index (χ0v) is 16.1. The van der Waals surface area contributed by atoms with E-state index in [9.17, 15) is 9.59 Å². The number of hydrogen-bond acceptors (Lipinski definition) is 4. The van der Waals surface area contributed by atoms with Crippen LogP contribution in [0.5, 0.6) is 0 Å². The number of carbonyl (C=O) groups excluding carboxylic acids is 2. The number of rotatable bonds is 6. The minimum atomic E-state index is -0.326. The number of hydrogen-bond donors (Lipinski definition) is 1. The highest BCUT2D eigenvalue weighted by Crippen LogP contribution is 2.19. The van der Waals surface area contributed by atoms with Gasteiger partial charge in [0.05, 0.1) is 0 Å². The third-order valence-corrected chi connectivity index (χ3v) is 5.06. The summed E-state index contributed by atoms with van der Waals surface area (Å²) in [4.78, 5) is 30.8. The predicted octanol–water partition coefficient (Wildman–Crippen LogP) is 4.15. The van der Waals surface area contributed by atoms with E-state index in [0.29, 0.717) is 24.4 Å². The third-order valence-electron chi connectivity index (χ3n) is 5.06. The molecule has 1 aromatic heterocycles. The Hall–Kier alpha value is -3.41. The van der Waals surface area contributed by atoms with Gasteiger partial charge in [-0.05, 0) is 49.1 Å². The number of amides is 2. The van der Waals surface area contributed by atoms with Crippen LogP contribution in [-0.4, -0.2) is 34.8 Å². The first-order valence-corrected chi connectivity index (χ1v) is 9.88. The maximum Gasteiger partial charge on any atom is 0.277 e. The van der Waals surface area contributed by atoms with Crippen molar-refractivity contribution in [1.29, 1.82) is 0 Å². The first-order chi connectivity index (χ1) is 14.2. The molecule has 1 fully saturated rings. The molecule has 29 heavy (non-hydrogen) atoms. The van der Waals surface area contributed by atoms with Crippen LogP contribution in [0, 0.1) is 0 Å². The van der Waals surface area contributed by atoms with Crippen LogP contribution in [0.1, 0.15) is 35.3 Å². The fourth-order valence-electron chi connectivity index (χ4n) is 3.42. The van der Waals surface area contributed by atoms with Crippen LogP contribution in [0.2, 0.25) is 0 Å². The lowest BCUT2D eigenvalue weighted by molar-refractivity contribution is -0.130. The highest BCUT2D eigenvalue weighted by molar-refractivity contribution is 6.02. The van der Waals surface area contributed by atoms with Gasteiger partial charge in [-0.2, -0.15) is 0 Å². The molecular formula is C23H23N3O3. The molecule has 0 saturated carbocycles. The van der Waals surface area contributed by atoms with E-state index in [1.165, 1.54) is 6.26 Å². The van der Waals surface area contributed by atoms with Gasteiger partial charge < -0.3 is 14.6 Å². The number of anilines is 1. The Kier molecular flexibility index (Phi) is 5.70. The lowest BCUT2D eigenvalue weighted by Gasteiger charge is -2.15. The topological polar surface area (TPSA) is 75.4 Å². The Morgan fingerprint density at radius 3 is 2.45 bits per heavy atom. The Labute approximate surface area is 169 Å². The number of aromatic nitrogens is 1. The zero-order valence-electron chi connectivity index (χ0n) is 16.1. The molecule has 0 aliphatic carbocycles. The van der Waals surface area contributed by atoms with Gasteiger partial charge in [-0.1, -0.05) is 30.3 Å². The van der Waals surface area contributed by atoms with Crippen molar-refractivity contribution >= 4 is 17.5 Å². The van der Waals surface area contributed by atoms with Crippen LogP contribution in [0.3, 0.4) is 0 Å². The summed E-state index contributed by atoms with van der Waals surface area (Å²) in [5.41, 5.74) is 2.79. The maximum atomic E-state index is 12.4. The standard InChI is InChI=1S/C23H23N3O3/c27-21(26-14-4-5-15-26)13-10-17-8-11-19(12-9-17)24-22(28)20-16-29-23(25-20)18-6-2-1-3-7-18/h1-3,6-9,11-12,16H,4-5,10,13-15H2,(H,24,28). The monoisotopic (exact) mass is 389 g/mol. The average Bonchev–Trinajstić information content (AvgIpc) is 3.46. The van der Waals surface area contributed by atoms with Crippen LogP contribution < -0.4 is 5.32 Å². The Balaban J connectivity index is 1.32. The molecule has 1 aliphatic rings. The third kappa shape index (κ3) is 4.71. The normalized spacial score (nSPS) is 13.4. The van der Waals surface area contributed by atoms with Gasteiger partial charge >= 0.3 is 0 Å². The molecule has 2 heterocycles. The molecule has 2 amide bonds. The van der Waals surface area contributed by atoms with Crippen LogP contribution >= 0.6 is 0 Å². The van der Waals surface area contributed by atoms with Gasteiger partial charge in [-0.15, -0.1) is 0 Å². The minimum absolute atomic E-state index is 0.222. The summed E-state index contributed by atoms with van der Waals surface area (Å²) in [6.07, 6.45) is 4.80. The van der Waals surface area contributed by atoms with E-state index in [4.69, 9.17) is 4.42 Å². The number of benzene rings is 2. The molecule has 4 rings (SSSR count). The molecule has 0 atom stereocenters. The van der Waals surface area contributed by atoms with E-state index in [2.05, 4.69) is 10.3 Å². The number of oxazole rings is 1. The molecule has 0 unspecified atom stereocenters. The van der Waals surface area contributed by atoms with Crippen molar-refractivity contribution in [3.8, 4) is 11.5 Å². The molecule has 1 aliphatic heterocycles. The van der Waals surface area contributed by atoms with Crippen molar-refractivity contribution in [2.24, 2.45) is 0 Å². The van der Waals surface area contributed by atoms with Gasteiger partial charge in [-0.3, -0.25) is 9.59 Å². The second kappa shape index (κ2) is 8.73. The SMILES string of the molecule is O=C(Nc1ccc(CCC(=O)N2CCCC2)cc1)c1coc(-c2ccccc2)n1. The molecule has 6 heteroatoms. The summed E-state index contributed by atoms with van der Waals surface area (Å²) in [6.45, 7) is 1.77. The van der Waals surface area contributed by atoms with Crippen molar-refractivity contribution in [2.75, 3.05) is 18.4 Å². The number of likely N-dealkylation sites (tertiary alicyclic amines) is 1. The molecule has 1 saturated heterocycles. The lowest BCUT2D eigenvalue weighted by Crippen LogP contribution is -2.27. The van der Waals surface area contributed by atoms with Crippen LogP contribution in [0.25, 0.3) is 11.5 Å². The molecule has 0 radical (unpaired) electrons. The molecule has 3 aromatic rings. The van der Waals surface area contributed by atoms with Gasteiger partial charge in [0.15, 0.2) is 5.69 Å². The van der Waals surface area contributed by atoms with Crippen molar-refractivity contribution in [2.45, 2.75) is 25.7 Å². The van der Waals surface area contributed by atoms with E-state index < -0.39 is 0 Å². The first-order valence-electron chi connectivity index (χ1n) is 9.88. The van der Waals surface area contributed by atoms with Crippen LogP contribution in [-0.2, 0) is 11.2 Å². The quantitative estimate of drug-likeness (QED) is 0.687. The largest absolute Gasteiger partial charge is 0.444 e. The second-order valence-corrected chi connectivity index (χ2v) is 7.14. The lowest BCUT2D eigenvalue weighted by atomic mass is 10.1.